The zero-order valence-electron chi connectivity index (χ0n) is 7.49. The van der Waals surface area contributed by atoms with Gasteiger partial charge in [0.25, 0.3) is 0 Å². The van der Waals surface area contributed by atoms with Crippen molar-refractivity contribution in [2.24, 2.45) is 11.7 Å². The third kappa shape index (κ3) is 1.52. The molecule has 1 unspecified atom stereocenters. The Bertz CT molecular complexity index is 281. The van der Waals surface area contributed by atoms with Crippen molar-refractivity contribution < 1.29 is 4.79 Å². The molecule has 2 rings (SSSR count). The molecule has 1 saturated heterocycles. The van der Waals surface area contributed by atoms with Crippen LogP contribution < -0.4 is 11.1 Å². The molecule has 0 radical (unpaired) electrons. The van der Waals surface area contributed by atoms with Crippen molar-refractivity contribution in [3.8, 4) is 0 Å². The molecule has 0 bridgehead atoms. The number of rotatable bonds is 1. The van der Waals surface area contributed by atoms with E-state index in [0.717, 1.165) is 19.4 Å². The van der Waals surface area contributed by atoms with Gasteiger partial charge in [0.05, 0.1) is 0 Å². The van der Waals surface area contributed by atoms with Crippen LogP contribution in [0, 0.1) is 5.92 Å². The highest BCUT2D eigenvalue weighted by molar-refractivity contribution is 5.83. The number of hydrogen-bond acceptors (Lipinski definition) is 2. The van der Waals surface area contributed by atoms with Crippen molar-refractivity contribution in [1.29, 1.82) is 0 Å². The average molecular weight is 178 g/mol. The molecular weight excluding hydrogens is 164 g/mol. The van der Waals surface area contributed by atoms with Crippen LogP contribution in [0.4, 0.5) is 0 Å². The van der Waals surface area contributed by atoms with E-state index in [1.807, 2.05) is 12.2 Å². The molecule has 1 aliphatic heterocycles. The summed E-state index contributed by atoms with van der Waals surface area (Å²) in [4.78, 5) is 11.1. The Morgan fingerprint density at radius 1 is 1.62 bits per heavy atom. The smallest absolute Gasteiger partial charge is 0.238 e. The van der Waals surface area contributed by atoms with Gasteiger partial charge in [-0.1, -0.05) is 18.2 Å². The van der Waals surface area contributed by atoms with E-state index in [4.69, 9.17) is 5.73 Å². The molecule has 1 aliphatic carbocycles. The van der Waals surface area contributed by atoms with E-state index in [1.54, 1.807) is 0 Å². The summed E-state index contributed by atoms with van der Waals surface area (Å²) in [5, 5.41) is 3.14. The topological polar surface area (TPSA) is 55.1 Å². The second-order valence-electron chi connectivity index (χ2n) is 3.61. The summed E-state index contributed by atoms with van der Waals surface area (Å²) in [6.07, 6.45) is 8.35. The molecule has 70 valence electrons. The van der Waals surface area contributed by atoms with E-state index in [2.05, 4.69) is 11.4 Å². The van der Waals surface area contributed by atoms with Crippen molar-refractivity contribution in [2.45, 2.75) is 18.9 Å². The summed E-state index contributed by atoms with van der Waals surface area (Å²) < 4.78 is 0. The Balaban J connectivity index is 2.24. The Labute approximate surface area is 77.7 Å². The first-order valence-corrected chi connectivity index (χ1v) is 4.68. The van der Waals surface area contributed by atoms with Crippen LogP contribution in [0.15, 0.2) is 23.8 Å². The molecule has 3 heteroatoms. The zero-order chi connectivity index (χ0) is 9.26. The molecular formula is C10H14N2O. The zero-order valence-corrected chi connectivity index (χ0v) is 7.49. The summed E-state index contributed by atoms with van der Waals surface area (Å²) in [6.45, 7) is 0.892. The van der Waals surface area contributed by atoms with Gasteiger partial charge >= 0.3 is 0 Å². The minimum atomic E-state index is -0.258. The molecule has 2 atom stereocenters. The molecule has 1 amide bonds. The van der Waals surface area contributed by atoms with Gasteiger partial charge in [0.15, 0.2) is 0 Å². The van der Waals surface area contributed by atoms with E-state index >= 15 is 0 Å². The van der Waals surface area contributed by atoms with Crippen LogP contribution in [-0.2, 0) is 4.79 Å². The number of nitrogens with one attached hydrogen (secondary N) is 1. The van der Waals surface area contributed by atoms with E-state index in [9.17, 15) is 4.79 Å². The fourth-order valence-corrected chi connectivity index (χ4v) is 2.10. The molecule has 0 aromatic heterocycles. The van der Waals surface area contributed by atoms with Gasteiger partial charge in [0, 0.05) is 0 Å². The second kappa shape index (κ2) is 3.34. The molecule has 1 heterocycles. The summed E-state index contributed by atoms with van der Waals surface area (Å²) >= 11 is 0. The number of allylic oxidation sites excluding steroid dienone is 3. The summed E-state index contributed by atoms with van der Waals surface area (Å²) in [5.41, 5.74) is 6.48. The maximum atomic E-state index is 11.1. The first kappa shape index (κ1) is 8.51. The highest BCUT2D eigenvalue weighted by Crippen LogP contribution is 2.28. The predicted octanol–water partition coefficient (Wildman–Crippen LogP) is 0.336. The van der Waals surface area contributed by atoms with Gasteiger partial charge in [-0.25, -0.2) is 0 Å². The van der Waals surface area contributed by atoms with Crippen LogP contribution in [0.25, 0.3) is 0 Å². The van der Waals surface area contributed by atoms with Gasteiger partial charge in [0.1, 0.15) is 6.04 Å². The Hall–Kier alpha value is -1.09. The maximum Gasteiger partial charge on any atom is 0.238 e. The Morgan fingerprint density at radius 3 is 3.23 bits per heavy atom. The van der Waals surface area contributed by atoms with Gasteiger partial charge in [-0.3, -0.25) is 4.79 Å². The van der Waals surface area contributed by atoms with Crippen molar-refractivity contribution in [3.63, 3.8) is 0 Å². The van der Waals surface area contributed by atoms with Crippen LogP contribution in [0.5, 0.6) is 0 Å². The number of hydrogen-bond donors (Lipinski definition) is 2. The van der Waals surface area contributed by atoms with E-state index in [1.165, 1.54) is 5.57 Å². The van der Waals surface area contributed by atoms with Crippen molar-refractivity contribution in [2.75, 3.05) is 6.54 Å². The first-order valence-electron chi connectivity index (χ1n) is 4.68. The minimum absolute atomic E-state index is 0.233. The third-order valence-electron chi connectivity index (χ3n) is 2.78. The van der Waals surface area contributed by atoms with E-state index in [0.29, 0.717) is 5.92 Å². The summed E-state index contributed by atoms with van der Waals surface area (Å²) in [5.74, 6) is 0.273. The van der Waals surface area contributed by atoms with Crippen molar-refractivity contribution >= 4 is 5.91 Å². The molecule has 1 fully saturated rings. The van der Waals surface area contributed by atoms with Gasteiger partial charge in [0.2, 0.25) is 5.91 Å². The number of carbonyl (C=O) groups is 1. The van der Waals surface area contributed by atoms with Gasteiger partial charge in [-0.05, 0) is 30.9 Å². The van der Waals surface area contributed by atoms with Crippen LogP contribution in [0.3, 0.4) is 0 Å². The fourth-order valence-electron chi connectivity index (χ4n) is 2.10. The molecule has 2 aliphatic rings. The van der Waals surface area contributed by atoms with Crippen LogP contribution in [0.2, 0.25) is 0 Å². The van der Waals surface area contributed by atoms with Gasteiger partial charge in [-0.15, -0.1) is 0 Å². The van der Waals surface area contributed by atoms with Crippen molar-refractivity contribution in [1.82, 2.24) is 5.32 Å². The predicted molar refractivity (Wildman–Crippen MR) is 50.9 cm³/mol. The van der Waals surface area contributed by atoms with E-state index < -0.39 is 0 Å². The summed E-state index contributed by atoms with van der Waals surface area (Å²) in [6, 6.07) is -0.233. The number of primary amides is 1. The monoisotopic (exact) mass is 178 g/mol. The van der Waals surface area contributed by atoms with Crippen LogP contribution in [-0.4, -0.2) is 18.5 Å². The summed E-state index contributed by atoms with van der Waals surface area (Å²) in [7, 11) is 0. The molecule has 3 N–H and O–H groups in total. The lowest BCUT2D eigenvalue weighted by Gasteiger charge is -2.32. The number of nitrogens with two attached hydrogens (primary N) is 1. The highest BCUT2D eigenvalue weighted by Gasteiger charge is 2.30. The van der Waals surface area contributed by atoms with Gasteiger partial charge < -0.3 is 11.1 Å². The maximum absolute atomic E-state index is 11.1. The number of fused-ring (bicyclic) bond motifs is 1. The lowest BCUT2D eigenvalue weighted by Crippen LogP contribution is -2.48. The van der Waals surface area contributed by atoms with Crippen molar-refractivity contribution in [3.05, 3.63) is 23.8 Å². The molecule has 0 aromatic rings. The number of amides is 1. The second-order valence-corrected chi connectivity index (χ2v) is 3.61. The quantitative estimate of drug-likeness (QED) is 0.608. The normalized spacial score (nSPS) is 32.2. The van der Waals surface area contributed by atoms with Crippen LogP contribution >= 0.6 is 0 Å². The van der Waals surface area contributed by atoms with E-state index in [-0.39, 0.29) is 11.9 Å². The third-order valence-corrected chi connectivity index (χ3v) is 2.78. The highest BCUT2D eigenvalue weighted by atomic mass is 16.1. The fraction of sp³-hybridized carbons (Fsp3) is 0.500. The largest absolute Gasteiger partial charge is 0.368 e. The Kier molecular flexibility index (Phi) is 2.19. The van der Waals surface area contributed by atoms with Gasteiger partial charge in [-0.2, -0.15) is 0 Å². The number of carbonyl (C=O) groups excluding carboxylic acids is 1. The molecule has 0 aromatic carbocycles. The Morgan fingerprint density at radius 2 is 2.46 bits per heavy atom. The minimum Gasteiger partial charge on any atom is -0.368 e. The van der Waals surface area contributed by atoms with Crippen LogP contribution in [0.1, 0.15) is 12.8 Å². The first-order chi connectivity index (χ1) is 6.29. The standard InChI is InChI=1S/C10H14N2O/c11-10(13)9-8-4-2-1-3-7(8)5-6-12-9/h1-2,4,7,9,12H,3,5-6H2,(H2,11,13)/t7?,9-/m1/s1. The SMILES string of the molecule is NC(=O)[C@@H]1NCCC2CC=CC=C21. The molecule has 0 spiro atoms. The molecule has 13 heavy (non-hydrogen) atoms. The average Bonchev–Trinajstić information content (AvgIpc) is 2.17. The number of piperidine rings is 1. The molecule has 0 saturated carbocycles. The lowest BCUT2D eigenvalue weighted by atomic mass is 9.81. The molecule has 3 nitrogen and oxygen atoms in total. The lowest BCUT2D eigenvalue weighted by molar-refractivity contribution is -0.119.